The molecule has 1 N–H and O–H groups in total. The molecular weight excluding hydrogens is 569 g/mol. The summed E-state index contributed by atoms with van der Waals surface area (Å²) in [5, 5.41) is 2.36. The summed E-state index contributed by atoms with van der Waals surface area (Å²) < 4.78 is 120. The number of sulfonamides is 1. The zero-order valence-electron chi connectivity index (χ0n) is 20.6. The Hall–Kier alpha value is -3.59. The first-order valence-corrected chi connectivity index (χ1v) is 13.2. The highest BCUT2D eigenvalue weighted by Crippen LogP contribution is 2.35. The second-order valence-corrected chi connectivity index (χ2v) is 11.0. The highest BCUT2D eigenvalue weighted by Gasteiger charge is 2.44. The van der Waals surface area contributed by atoms with Gasteiger partial charge in [0, 0.05) is 30.5 Å². The quantitative estimate of drug-likeness (QED) is 0.400. The highest BCUT2D eigenvalue weighted by atomic mass is 32.2. The van der Waals surface area contributed by atoms with Gasteiger partial charge in [0.25, 0.3) is 0 Å². The molecular formula is C25H21F7N4O3S. The Labute approximate surface area is 224 Å². The van der Waals surface area contributed by atoms with E-state index in [9.17, 15) is 43.9 Å². The molecule has 0 saturated carbocycles. The van der Waals surface area contributed by atoms with Gasteiger partial charge in [0.15, 0.2) is 0 Å². The van der Waals surface area contributed by atoms with Gasteiger partial charge in [-0.15, -0.1) is 0 Å². The van der Waals surface area contributed by atoms with E-state index in [1.165, 1.54) is 0 Å². The molecule has 1 saturated heterocycles. The van der Waals surface area contributed by atoms with E-state index >= 15 is 0 Å². The van der Waals surface area contributed by atoms with Crippen molar-refractivity contribution in [1.82, 2.24) is 19.6 Å². The van der Waals surface area contributed by atoms with E-state index in [0.717, 1.165) is 59.2 Å². The first-order chi connectivity index (χ1) is 18.6. The van der Waals surface area contributed by atoms with Crippen LogP contribution in [0.25, 0.3) is 11.1 Å². The molecule has 1 aliphatic heterocycles. The molecule has 40 heavy (non-hydrogen) atoms. The van der Waals surface area contributed by atoms with Crippen LogP contribution in [-0.4, -0.2) is 40.7 Å². The Balaban J connectivity index is 1.59. The SMILES string of the molecule is C[C@H]1CC[C@@H](C(=O)NCc2cc(-c3cnc(C(F)(F)F)nc3)ccc2C(F)(F)F)N1S(=O)(=O)c1ccc(F)cc1. The van der Waals surface area contributed by atoms with Crippen molar-refractivity contribution in [2.45, 2.75) is 55.6 Å². The topological polar surface area (TPSA) is 92.3 Å². The van der Waals surface area contributed by atoms with Crippen molar-refractivity contribution in [3.8, 4) is 11.1 Å². The van der Waals surface area contributed by atoms with Gasteiger partial charge in [-0.25, -0.2) is 22.8 Å². The second-order valence-electron chi connectivity index (χ2n) is 9.11. The maximum absolute atomic E-state index is 13.7. The number of benzene rings is 2. The van der Waals surface area contributed by atoms with Gasteiger partial charge in [-0.05, 0) is 67.3 Å². The summed E-state index contributed by atoms with van der Waals surface area (Å²) in [5.74, 6) is -2.92. The lowest BCUT2D eigenvalue weighted by Gasteiger charge is -2.27. The summed E-state index contributed by atoms with van der Waals surface area (Å²) >= 11 is 0. The Morgan fingerprint density at radius 1 is 0.950 bits per heavy atom. The van der Waals surface area contributed by atoms with E-state index < -0.39 is 69.7 Å². The van der Waals surface area contributed by atoms with Crippen molar-refractivity contribution in [2.24, 2.45) is 0 Å². The molecule has 0 unspecified atom stereocenters. The van der Waals surface area contributed by atoms with Crippen LogP contribution in [0.15, 0.2) is 59.8 Å². The van der Waals surface area contributed by atoms with Crippen LogP contribution >= 0.6 is 0 Å². The fourth-order valence-electron chi connectivity index (χ4n) is 4.46. The number of nitrogens with one attached hydrogen (secondary N) is 1. The molecule has 1 aliphatic rings. The number of aromatic nitrogens is 2. The summed E-state index contributed by atoms with van der Waals surface area (Å²) in [6, 6.07) is 4.97. The van der Waals surface area contributed by atoms with Gasteiger partial charge in [-0.1, -0.05) is 6.07 Å². The van der Waals surface area contributed by atoms with Crippen molar-refractivity contribution < 1.29 is 43.9 Å². The first kappa shape index (κ1) is 29.4. The number of halogens is 7. The summed E-state index contributed by atoms with van der Waals surface area (Å²) in [6.45, 7) is 0.921. The monoisotopic (exact) mass is 590 g/mol. The lowest BCUT2D eigenvalue weighted by molar-refractivity contribution is -0.145. The number of amides is 1. The van der Waals surface area contributed by atoms with E-state index in [-0.39, 0.29) is 22.4 Å². The molecule has 1 fully saturated rings. The standard InChI is InChI=1S/C25H21F7N4O3S/c1-14-2-9-21(36(14)40(38,39)19-6-4-18(26)5-7-19)22(37)33-11-16-10-15(3-8-20(16)24(27,28)29)17-12-34-23(35-13-17)25(30,31)32/h3-8,10,12-14,21H,2,9,11H2,1H3,(H,33,37)/t14-,21-/m0/s1. The summed E-state index contributed by atoms with van der Waals surface area (Å²) in [5.41, 5.74) is -1.42. The van der Waals surface area contributed by atoms with Crippen molar-refractivity contribution in [2.75, 3.05) is 0 Å². The Bertz CT molecular complexity index is 1490. The molecule has 7 nitrogen and oxygen atoms in total. The molecule has 0 aliphatic carbocycles. The summed E-state index contributed by atoms with van der Waals surface area (Å²) in [6.07, 6.45) is -7.59. The fourth-order valence-corrected chi connectivity index (χ4v) is 6.30. The van der Waals surface area contributed by atoms with Crippen LogP contribution in [0.4, 0.5) is 30.7 Å². The minimum absolute atomic E-state index is 0.00971. The maximum Gasteiger partial charge on any atom is 0.451 e. The second kappa shape index (κ2) is 10.8. The molecule has 2 heterocycles. The van der Waals surface area contributed by atoms with E-state index in [1.807, 2.05) is 0 Å². The minimum atomic E-state index is -4.82. The molecule has 1 aromatic heterocycles. The van der Waals surface area contributed by atoms with Crippen LogP contribution in [0.1, 0.15) is 36.7 Å². The Morgan fingerprint density at radius 2 is 1.57 bits per heavy atom. The van der Waals surface area contributed by atoms with Gasteiger partial charge in [0.05, 0.1) is 10.5 Å². The normalized spacial score (nSPS) is 18.6. The number of alkyl halides is 6. The number of hydrogen-bond acceptors (Lipinski definition) is 5. The molecule has 1 amide bonds. The largest absolute Gasteiger partial charge is 0.451 e. The number of nitrogens with zero attached hydrogens (tertiary/aromatic N) is 3. The van der Waals surface area contributed by atoms with Crippen molar-refractivity contribution in [3.63, 3.8) is 0 Å². The van der Waals surface area contributed by atoms with Gasteiger partial charge in [-0.3, -0.25) is 4.79 Å². The van der Waals surface area contributed by atoms with Gasteiger partial charge < -0.3 is 5.32 Å². The average molecular weight is 591 g/mol. The lowest BCUT2D eigenvalue weighted by Crippen LogP contribution is -2.48. The third-order valence-corrected chi connectivity index (χ3v) is 8.43. The van der Waals surface area contributed by atoms with Crippen LogP contribution < -0.4 is 5.32 Å². The number of carbonyl (C=O) groups excluding carboxylic acids is 1. The van der Waals surface area contributed by atoms with E-state index in [0.29, 0.717) is 6.42 Å². The zero-order chi connectivity index (χ0) is 29.5. The Morgan fingerprint density at radius 3 is 2.15 bits per heavy atom. The number of hydrogen-bond donors (Lipinski definition) is 1. The lowest BCUT2D eigenvalue weighted by atomic mass is 10.00. The Kier molecular flexibility index (Phi) is 7.91. The predicted molar refractivity (Wildman–Crippen MR) is 127 cm³/mol. The van der Waals surface area contributed by atoms with Gasteiger partial charge in [-0.2, -0.15) is 30.6 Å². The van der Waals surface area contributed by atoms with Crippen LogP contribution in [-0.2, 0) is 33.7 Å². The fraction of sp³-hybridized carbons (Fsp3) is 0.320. The van der Waals surface area contributed by atoms with Crippen molar-refractivity contribution >= 4 is 15.9 Å². The third kappa shape index (κ3) is 6.09. The molecule has 4 rings (SSSR count). The van der Waals surface area contributed by atoms with Gasteiger partial charge >= 0.3 is 12.4 Å². The molecule has 214 valence electrons. The minimum Gasteiger partial charge on any atom is -0.351 e. The molecule has 2 aromatic carbocycles. The first-order valence-electron chi connectivity index (χ1n) is 11.8. The van der Waals surface area contributed by atoms with Crippen molar-refractivity contribution in [1.29, 1.82) is 0 Å². The van der Waals surface area contributed by atoms with Crippen molar-refractivity contribution in [3.05, 3.63) is 77.6 Å². The molecule has 0 spiro atoms. The van der Waals surface area contributed by atoms with Crippen LogP contribution in [0.2, 0.25) is 0 Å². The third-order valence-electron chi connectivity index (χ3n) is 6.39. The van der Waals surface area contributed by atoms with Crippen LogP contribution in [0, 0.1) is 5.82 Å². The smallest absolute Gasteiger partial charge is 0.351 e. The molecule has 2 atom stereocenters. The zero-order valence-corrected chi connectivity index (χ0v) is 21.4. The number of rotatable bonds is 6. The van der Waals surface area contributed by atoms with Gasteiger partial charge in [0.1, 0.15) is 11.9 Å². The van der Waals surface area contributed by atoms with E-state index in [2.05, 4.69) is 15.3 Å². The van der Waals surface area contributed by atoms with Crippen LogP contribution in [0.5, 0.6) is 0 Å². The number of carbonyl (C=O) groups is 1. The average Bonchev–Trinajstić information content (AvgIpc) is 3.28. The predicted octanol–water partition coefficient (Wildman–Crippen LogP) is 5.18. The van der Waals surface area contributed by atoms with E-state index in [1.54, 1.807) is 6.92 Å². The van der Waals surface area contributed by atoms with E-state index in [4.69, 9.17) is 0 Å². The molecule has 0 radical (unpaired) electrons. The molecule has 3 aromatic rings. The summed E-state index contributed by atoms with van der Waals surface area (Å²) in [4.78, 5) is 19.2. The van der Waals surface area contributed by atoms with Crippen LogP contribution in [0.3, 0.4) is 0 Å². The summed E-state index contributed by atoms with van der Waals surface area (Å²) in [7, 11) is -4.24. The van der Waals surface area contributed by atoms with Gasteiger partial charge in [0.2, 0.25) is 21.8 Å². The molecule has 0 bridgehead atoms. The molecule has 15 heteroatoms. The highest BCUT2D eigenvalue weighted by molar-refractivity contribution is 7.89. The maximum atomic E-state index is 13.7.